The molecule has 1 atom stereocenters. The van der Waals surface area contributed by atoms with Gasteiger partial charge in [0.1, 0.15) is 16.8 Å². The van der Waals surface area contributed by atoms with Crippen LogP contribution in [-0.4, -0.2) is 29.7 Å². The summed E-state index contributed by atoms with van der Waals surface area (Å²) in [6.45, 7) is -0.0111. The quantitative estimate of drug-likeness (QED) is 0.708. The number of anilines is 1. The number of amides is 1. The third kappa shape index (κ3) is 3.44. The van der Waals surface area contributed by atoms with Gasteiger partial charge in [-0.1, -0.05) is 36.4 Å². The van der Waals surface area contributed by atoms with Crippen LogP contribution in [0.15, 0.2) is 65.0 Å². The van der Waals surface area contributed by atoms with Crippen molar-refractivity contribution in [1.29, 1.82) is 0 Å². The largest absolute Gasteiger partial charge is 0.301 e. The highest BCUT2D eigenvalue weighted by Crippen LogP contribution is 2.30. The lowest BCUT2D eigenvalue weighted by molar-refractivity contribution is -0.120. The topological polar surface area (TPSA) is 79.4 Å². The molecule has 3 aromatic rings. The van der Waals surface area contributed by atoms with Crippen LogP contribution < -0.4 is 5.32 Å². The Balaban J connectivity index is 1.75. The SMILES string of the molecule is O=C(Nc1nccs1)[C@H]1Cc2ccccc2CN1S(=O)(=O)c1ccccc1F. The highest BCUT2D eigenvalue weighted by atomic mass is 32.2. The fraction of sp³-hybridized carbons (Fsp3) is 0.158. The molecule has 0 fully saturated rings. The first-order valence-electron chi connectivity index (χ1n) is 8.50. The van der Waals surface area contributed by atoms with E-state index >= 15 is 0 Å². The van der Waals surface area contributed by atoms with Gasteiger partial charge in [-0.3, -0.25) is 4.79 Å². The summed E-state index contributed by atoms with van der Waals surface area (Å²) >= 11 is 1.24. The number of carbonyl (C=O) groups excluding carboxylic acids is 1. The Labute approximate surface area is 165 Å². The zero-order valence-electron chi connectivity index (χ0n) is 14.6. The molecule has 0 unspecified atom stereocenters. The number of rotatable bonds is 4. The molecule has 144 valence electrons. The van der Waals surface area contributed by atoms with Gasteiger partial charge in [-0.2, -0.15) is 4.31 Å². The average Bonchev–Trinajstić information content (AvgIpc) is 3.20. The predicted octanol–water partition coefficient (Wildman–Crippen LogP) is 3.04. The maximum absolute atomic E-state index is 14.3. The van der Waals surface area contributed by atoms with E-state index in [1.165, 1.54) is 29.5 Å². The zero-order chi connectivity index (χ0) is 19.7. The average molecular weight is 417 g/mol. The fourth-order valence-corrected chi connectivity index (χ4v) is 5.39. The summed E-state index contributed by atoms with van der Waals surface area (Å²) in [7, 11) is -4.23. The summed E-state index contributed by atoms with van der Waals surface area (Å²) in [6.07, 6.45) is 1.74. The third-order valence-corrected chi connectivity index (χ3v) is 7.17. The Hall–Kier alpha value is -2.62. The van der Waals surface area contributed by atoms with Crippen molar-refractivity contribution in [3.63, 3.8) is 0 Å². The molecular formula is C19H16FN3O3S2. The van der Waals surface area contributed by atoms with Gasteiger partial charge in [-0.05, 0) is 29.7 Å². The highest BCUT2D eigenvalue weighted by Gasteiger charge is 2.40. The fourth-order valence-electron chi connectivity index (χ4n) is 3.23. The van der Waals surface area contributed by atoms with Crippen LogP contribution in [0.1, 0.15) is 11.1 Å². The lowest BCUT2D eigenvalue weighted by atomic mass is 9.95. The van der Waals surface area contributed by atoms with Crippen LogP contribution in [0.25, 0.3) is 0 Å². The molecule has 2 aromatic carbocycles. The number of nitrogens with zero attached hydrogens (tertiary/aromatic N) is 2. The summed E-state index contributed by atoms with van der Waals surface area (Å²) in [4.78, 5) is 16.5. The maximum Gasteiger partial charge on any atom is 0.247 e. The number of thiazole rings is 1. The predicted molar refractivity (Wildman–Crippen MR) is 104 cm³/mol. The molecule has 1 aromatic heterocycles. The molecule has 0 aliphatic carbocycles. The molecule has 0 radical (unpaired) electrons. The first kappa shape index (κ1) is 18.7. The maximum atomic E-state index is 14.3. The monoisotopic (exact) mass is 417 g/mol. The van der Waals surface area contributed by atoms with E-state index < -0.39 is 32.7 Å². The molecule has 0 bridgehead atoms. The molecule has 2 heterocycles. The van der Waals surface area contributed by atoms with Crippen molar-refractivity contribution >= 4 is 32.4 Å². The van der Waals surface area contributed by atoms with E-state index in [9.17, 15) is 17.6 Å². The van der Waals surface area contributed by atoms with Gasteiger partial charge < -0.3 is 5.32 Å². The van der Waals surface area contributed by atoms with E-state index in [2.05, 4.69) is 10.3 Å². The number of fused-ring (bicyclic) bond motifs is 1. The van der Waals surface area contributed by atoms with E-state index in [1.807, 2.05) is 24.3 Å². The van der Waals surface area contributed by atoms with Gasteiger partial charge >= 0.3 is 0 Å². The molecule has 1 amide bonds. The zero-order valence-corrected chi connectivity index (χ0v) is 16.2. The molecule has 0 spiro atoms. The van der Waals surface area contributed by atoms with Crippen LogP contribution in [0.4, 0.5) is 9.52 Å². The normalized spacial score (nSPS) is 17.1. The van der Waals surface area contributed by atoms with E-state index in [4.69, 9.17) is 0 Å². The second-order valence-corrected chi connectivity index (χ2v) is 9.05. The van der Waals surface area contributed by atoms with Crippen molar-refractivity contribution in [2.75, 3.05) is 5.32 Å². The van der Waals surface area contributed by atoms with Gasteiger partial charge in [0.15, 0.2) is 5.13 Å². The molecule has 1 aliphatic rings. The van der Waals surface area contributed by atoms with Crippen LogP contribution >= 0.6 is 11.3 Å². The minimum Gasteiger partial charge on any atom is -0.301 e. The number of nitrogens with one attached hydrogen (secondary N) is 1. The Bertz CT molecular complexity index is 1120. The molecule has 4 rings (SSSR count). The summed E-state index contributed by atoms with van der Waals surface area (Å²) in [6, 6.07) is 11.5. The number of hydrogen-bond acceptors (Lipinski definition) is 5. The Morgan fingerprint density at radius 3 is 2.57 bits per heavy atom. The number of benzene rings is 2. The van der Waals surface area contributed by atoms with E-state index in [0.29, 0.717) is 5.13 Å². The van der Waals surface area contributed by atoms with E-state index in [-0.39, 0.29) is 13.0 Å². The number of sulfonamides is 1. The molecule has 1 N–H and O–H groups in total. The van der Waals surface area contributed by atoms with Crippen molar-refractivity contribution in [1.82, 2.24) is 9.29 Å². The van der Waals surface area contributed by atoms with Gasteiger partial charge in [-0.15, -0.1) is 11.3 Å². The number of aromatic nitrogens is 1. The first-order chi connectivity index (χ1) is 13.5. The molecule has 9 heteroatoms. The summed E-state index contributed by atoms with van der Waals surface area (Å²) < 4.78 is 41.8. The van der Waals surface area contributed by atoms with Crippen LogP contribution in [0.2, 0.25) is 0 Å². The van der Waals surface area contributed by atoms with Gasteiger partial charge in [0, 0.05) is 18.1 Å². The number of carbonyl (C=O) groups is 1. The Kier molecular flexibility index (Phi) is 4.96. The minimum atomic E-state index is -4.23. The highest BCUT2D eigenvalue weighted by molar-refractivity contribution is 7.89. The molecule has 28 heavy (non-hydrogen) atoms. The van der Waals surface area contributed by atoms with Crippen molar-refractivity contribution in [2.45, 2.75) is 23.9 Å². The molecule has 6 nitrogen and oxygen atoms in total. The Morgan fingerprint density at radius 2 is 1.86 bits per heavy atom. The van der Waals surface area contributed by atoms with Crippen molar-refractivity contribution < 1.29 is 17.6 Å². The van der Waals surface area contributed by atoms with Crippen molar-refractivity contribution in [3.05, 3.63) is 77.1 Å². The number of hydrogen-bond donors (Lipinski definition) is 1. The first-order valence-corrected chi connectivity index (χ1v) is 10.8. The second kappa shape index (κ2) is 7.42. The van der Waals surface area contributed by atoms with Crippen LogP contribution in [0.5, 0.6) is 0 Å². The second-order valence-electron chi connectivity index (χ2n) is 6.30. The van der Waals surface area contributed by atoms with Crippen LogP contribution in [0, 0.1) is 5.82 Å². The van der Waals surface area contributed by atoms with Gasteiger partial charge in [-0.25, -0.2) is 17.8 Å². The van der Waals surface area contributed by atoms with Crippen molar-refractivity contribution in [3.8, 4) is 0 Å². The van der Waals surface area contributed by atoms with Gasteiger partial charge in [0.25, 0.3) is 0 Å². The summed E-state index contributed by atoms with van der Waals surface area (Å²) in [5, 5.41) is 4.75. The van der Waals surface area contributed by atoms with E-state index in [1.54, 1.807) is 11.6 Å². The summed E-state index contributed by atoms with van der Waals surface area (Å²) in [5.74, 6) is -1.34. The lowest BCUT2D eigenvalue weighted by Crippen LogP contribution is -2.50. The third-order valence-electron chi connectivity index (χ3n) is 4.59. The molecule has 0 saturated heterocycles. The van der Waals surface area contributed by atoms with Crippen molar-refractivity contribution in [2.24, 2.45) is 0 Å². The van der Waals surface area contributed by atoms with E-state index in [0.717, 1.165) is 21.5 Å². The van der Waals surface area contributed by atoms with Crippen LogP contribution in [-0.2, 0) is 27.8 Å². The smallest absolute Gasteiger partial charge is 0.247 e. The number of halogens is 1. The minimum absolute atomic E-state index is 0.0111. The van der Waals surface area contributed by atoms with Gasteiger partial charge in [0.05, 0.1) is 0 Å². The molecule has 1 aliphatic heterocycles. The van der Waals surface area contributed by atoms with Crippen LogP contribution in [0.3, 0.4) is 0 Å². The van der Waals surface area contributed by atoms with Gasteiger partial charge in [0.2, 0.25) is 15.9 Å². The Morgan fingerprint density at radius 1 is 1.14 bits per heavy atom. The molecular weight excluding hydrogens is 401 g/mol. The summed E-state index contributed by atoms with van der Waals surface area (Å²) in [5.41, 5.74) is 1.68. The lowest BCUT2D eigenvalue weighted by Gasteiger charge is -2.34. The standard InChI is InChI=1S/C19H16FN3O3S2/c20-15-7-3-4-8-17(15)28(25,26)23-12-14-6-2-1-5-13(14)11-16(23)18(24)22-19-21-9-10-27-19/h1-10,16H,11-12H2,(H,21,22,24)/t16-/m1/s1. The molecule has 0 saturated carbocycles.